The standard InChI is InChI=1S/C18H19NO2/c1-21-17-10-5-4-9-16(17)18(20)15-8-3-2-7-14(15)13-19-11-6-12-19/h2-5,7-10H,6,11-13H2,1H3. The summed E-state index contributed by atoms with van der Waals surface area (Å²) in [5.41, 5.74) is 2.48. The van der Waals surface area contributed by atoms with Crippen LogP contribution < -0.4 is 4.74 Å². The largest absolute Gasteiger partial charge is 0.496 e. The molecule has 1 aliphatic heterocycles. The monoisotopic (exact) mass is 281 g/mol. The Kier molecular flexibility index (Phi) is 4.02. The molecule has 3 rings (SSSR count). The zero-order chi connectivity index (χ0) is 14.7. The Balaban J connectivity index is 1.93. The Bertz CT molecular complexity index is 647. The van der Waals surface area contributed by atoms with Gasteiger partial charge in [0.2, 0.25) is 0 Å². The molecule has 0 bridgehead atoms. The van der Waals surface area contributed by atoms with Crippen LogP contribution in [0.25, 0.3) is 0 Å². The van der Waals surface area contributed by atoms with Gasteiger partial charge in [0.15, 0.2) is 5.78 Å². The fourth-order valence-corrected chi connectivity index (χ4v) is 2.64. The highest BCUT2D eigenvalue weighted by Crippen LogP contribution is 2.24. The Morgan fingerprint density at radius 2 is 1.71 bits per heavy atom. The van der Waals surface area contributed by atoms with Gasteiger partial charge in [0.25, 0.3) is 0 Å². The van der Waals surface area contributed by atoms with Gasteiger partial charge in [-0.25, -0.2) is 0 Å². The van der Waals surface area contributed by atoms with Crippen LogP contribution in [0.2, 0.25) is 0 Å². The summed E-state index contributed by atoms with van der Waals surface area (Å²) >= 11 is 0. The van der Waals surface area contributed by atoms with E-state index in [1.165, 1.54) is 6.42 Å². The lowest BCUT2D eigenvalue weighted by Gasteiger charge is -2.31. The minimum absolute atomic E-state index is 0.0311. The average Bonchev–Trinajstić information content (AvgIpc) is 2.50. The zero-order valence-electron chi connectivity index (χ0n) is 12.2. The minimum Gasteiger partial charge on any atom is -0.496 e. The molecule has 0 aromatic heterocycles. The molecule has 21 heavy (non-hydrogen) atoms. The van der Waals surface area contributed by atoms with Crippen molar-refractivity contribution in [3.63, 3.8) is 0 Å². The van der Waals surface area contributed by atoms with Gasteiger partial charge >= 0.3 is 0 Å². The summed E-state index contributed by atoms with van der Waals surface area (Å²) in [5, 5.41) is 0. The van der Waals surface area contributed by atoms with Gasteiger partial charge in [-0.2, -0.15) is 0 Å². The molecule has 108 valence electrons. The SMILES string of the molecule is COc1ccccc1C(=O)c1ccccc1CN1CCC1. The van der Waals surface area contributed by atoms with Crippen molar-refractivity contribution in [3.8, 4) is 5.75 Å². The van der Waals surface area contributed by atoms with E-state index in [4.69, 9.17) is 4.74 Å². The maximum Gasteiger partial charge on any atom is 0.197 e. The summed E-state index contributed by atoms with van der Waals surface area (Å²) in [6, 6.07) is 15.3. The lowest BCUT2D eigenvalue weighted by molar-refractivity contribution is 0.103. The molecular weight excluding hydrogens is 262 g/mol. The maximum atomic E-state index is 12.8. The van der Waals surface area contributed by atoms with E-state index in [0.717, 1.165) is 30.8 Å². The third kappa shape index (κ3) is 2.83. The van der Waals surface area contributed by atoms with Crippen molar-refractivity contribution >= 4 is 5.78 Å². The lowest BCUT2D eigenvalue weighted by Crippen LogP contribution is -2.36. The second-order valence-corrected chi connectivity index (χ2v) is 5.32. The molecular formula is C18H19NO2. The molecule has 1 aliphatic rings. The van der Waals surface area contributed by atoms with Crippen molar-refractivity contribution in [3.05, 3.63) is 65.2 Å². The molecule has 0 radical (unpaired) electrons. The lowest BCUT2D eigenvalue weighted by atomic mass is 9.97. The third-order valence-corrected chi connectivity index (χ3v) is 3.96. The van der Waals surface area contributed by atoms with Crippen LogP contribution in [0.4, 0.5) is 0 Å². The summed E-state index contributed by atoms with van der Waals surface area (Å²) in [6.07, 6.45) is 1.25. The number of para-hydroxylation sites is 1. The van der Waals surface area contributed by atoms with Crippen LogP contribution in [-0.4, -0.2) is 30.9 Å². The van der Waals surface area contributed by atoms with E-state index in [0.29, 0.717) is 11.3 Å². The molecule has 1 heterocycles. The molecule has 1 fully saturated rings. The normalized spacial score (nSPS) is 14.5. The van der Waals surface area contributed by atoms with Gasteiger partial charge in [0.05, 0.1) is 12.7 Å². The summed E-state index contributed by atoms with van der Waals surface area (Å²) in [6.45, 7) is 3.09. The first-order chi connectivity index (χ1) is 10.3. The van der Waals surface area contributed by atoms with Crippen LogP contribution in [-0.2, 0) is 6.54 Å². The third-order valence-electron chi connectivity index (χ3n) is 3.96. The van der Waals surface area contributed by atoms with Gasteiger partial charge in [0.1, 0.15) is 5.75 Å². The molecule has 3 nitrogen and oxygen atoms in total. The number of methoxy groups -OCH3 is 1. The molecule has 0 saturated carbocycles. The molecule has 2 aromatic rings. The first-order valence-corrected chi connectivity index (χ1v) is 7.27. The number of ether oxygens (including phenoxy) is 1. The molecule has 0 atom stereocenters. The fourth-order valence-electron chi connectivity index (χ4n) is 2.64. The number of carbonyl (C=O) groups is 1. The predicted molar refractivity (Wildman–Crippen MR) is 82.8 cm³/mol. The number of likely N-dealkylation sites (tertiary alicyclic amines) is 1. The fraction of sp³-hybridized carbons (Fsp3) is 0.278. The maximum absolute atomic E-state index is 12.8. The van der Waals surface area contributed by atoms with Crippen LogP contribution in [0.1, 0.15) is 27.9 Å². The second-order valence-electron chi connectivity index (χ2n) is 5.32. The van der Waals surface area contributed by atoms with Crippen molar-refractivity contribution in [2.45, 2.75) is 13.0 Å². The van der Waals surface area contributed by atoms with E-state index in [1.54, 1.807) is 7.11 Å². The van der Waals surface area contributed by atoms with Crippen molar-refractivity contribution in [2.75, 3.05) is 20.2 Å². The van der Waals surface area contributed by atoms with Gasteiger partial charge in [-0.05, 0) is 37.2 Å². The number of ketones is 1. The number of hydrogen-bond acceptors (Lipinski definition) is 3. The number of rotatable bonds is 5. The van der Waals surface area contributed by atoms with Crippen LogP contribution >= 0.6 is 0 Å². The first kappa shape index (κ1) is 13.8. The van der Waals surface area contributed by atoms with E-state index >= 15 is 0 Å². The van der Waals surface area contributed by atoms with Crippen LogP contribution in [0.3, 0.4) is 0 Å². The van der Waals surface area contributed by atoms with Crippen molar-refractivity contribution in [2.24, 2.45) is 0 Å². The Morgan fingerprint density at radius 3 is 2.38 bits per heavy atom. The summed E-state index contributed by atoms with van der Waals surface area (Å²) in [7, 11) is 1.60. The molecule has 2 aromatic carbocycles. The van der Waals surface area contributed by atoms with Crippen LogP contribution in [0.5, 0.6) is 5.75 Å². The number of nitrogens with zero attached hydrogens (tertiary/aromatic N) is 1. The Hall–Kier alpha value is -2.13. The Morgan fingerprint density at radius 1 is 1.05 bits per heavy atom. The summed E-state index contributed by atoms with van der Waals surface area (Å²) in [5.74, 6) is 0.657. The molecule has 0 unspecified atom stereocenters. The van der Waals surface area contributed by atoms with E-state index in [1.807, 2.05) is 48.5 Å². The first-order valence-electron chi connectivity index (χ1n) is 7.27. The number of benzene rings is 2. The quantitative estimate of drug-likeness (QED) is 0.789. The average molecular weight is 281 g/mol. The van der Waals surface area contributed by atoms with E-state index in [-0.39, 0.29) is 5.78 Å². The van der Waals surface area contributed by atoms with E-state index in [9.17, 15) is 4.79 Å². The Labute approximate surface area is 125 Å². The van der Waals surface area contributed by atoms with E-state index < -0.39 is 0 Å². The molecule has 3 heteroatoms. The van der Waals surface area contributed by atoms with Crippen molar-refractivity contribution < 1.29 is 9.53 Å². The zero-order valence-corrected chi connectivity index (χ0v) is 12.2. The van der Waals surface area contributed by atoms with Gasteiger partial charge in [-0.3, -0.25) is 9.69 Å². The van der Waals surface area contributed by atoms with Gasteiger partial charge in [-0.1, -0.05) is 36.4 Å². The topological polar surface area (TPSA) is 29.5 Å². The second kappa shape index (κ2) is 6.10. The molecule has 0 spiro atoms. The van der Waals surface area contributed by atoms with Crippen LogP contribution in [0, 0.1) is 0 Å². The van der Waals surface area contributed by atoms with E-state index in [2.05, 4.69) is 4.90 Å². The van der Waals surface area contributed by atoms with Crippen molar-refractivity contribution in [1.82, 2.24) is 4.90 Å². The minimum atomic E-state index is 0.0311. The predicted octanol–water partition coefficient (Wildman–Crippen LogP) is 3.13. The highest BCUT2D eigenvalue weighted by molar-refractivity contribution is 6.11. The molecule has 0 aliphatic carbocycles. The van der Waals surface area contributed by atoms with Crippen LogP contribution in [0.15, 0.2) is 48.5 Å². The smallest absolute Gasteiger partial charge is 0.197 e. The summed E-state index contributed by atoms with van der Waals surface area (Å²) < 4.78 is 5.31. The number of carbonyl (C=O) groups excluding carboxylic acids is 1. The summed E-state index contributed by atoms with van der Waals surface area (Å²) in [4.78, 5) is 15.2. The highest BCUT2D eigenvalue weighted by atomic mass is 16.5. The molecule has 0 N–H and O–H groups in total. The number of hydrogen-bond donors (Lipinski definition) is 0. The van der Waals surface area contributed by atoms with Gasteiger partial charge < -0.3 is 4.74 Å². The van der Waals surface area contributed by atoms with Gasteiger partial charge in [0, 0.05) is 12.1 Å². The van der Waals surface area contributed by atoms with Gasteiger partial charge in [-0.15, -0.1) is 0 Å². The molecule has 0 amide bonds. The molecule has 1 saturated heterocycles. The highest BCUT2D eigenvalue weighted by Gasteiger charge is 2.20. The van der Waals surface area contributed by atoms with Crippen molar-refractivity contribution in [1.29, 1.82) is 0 Å².